The average Bonchev–Trinajstić information content (AvgIpc) is 2.47. The summed E-state index contributed by atoms with van der Waals surface area (Å²) in [6.45, 7) is 4.20. The summed E-state index contributed by atoms with van der Waals surface area (Å²) < 4.78 is 25.8. The summed E-state index contributed by atoms with van der Waals surface area (Å²) in [7, 11) is -2.03. The molecular weight excluding hydrogens is 274 g/mol. The minimum Gasteiger partial charge on any atom is -0.397 e. The van der Waals surface area contributed by atoms with E-state index in [4.69, 9.17) is 5.73 Å². The van der Waals surface area contributed by atoms with E-state index >= 15 is 0 Å². The van der Waals surface area contributed by atoms with Crippen LogP contribution in [0, 0.1) is 5.92 Å². The number of benzene rings is 1. The van der Waals surface area contributed by atoms with Gasteiger partial charge in [-0.1, -0.05) is 13.3 Å². The van der Waals surface area contributed by atoms with Gasteiger partial charge in [0.1, 0.15) is 0 Å². The van der Waals surface area contributed by atoms with Crippen molar-refractivity contribution in [2.75, 3.05) is 30.8 Å². The van der Waals surface area contributed by atoms with Crippen molar-refractivity contribution in [3.8, 4) is 0 Å². The molecule has 0 spiro atoms. The van der Waals surface area contributed by atoms with E-state index in [2.05, 4.69) is 16.5 Å². The number of nitrogen functional groups attached to an aromatic ring is 1. The molecular formula is C14H23N3O2S. The molecule has 1 aliphatic rings. The molecule has 3 N–H and O–H groups in total. The van der Waals surface area contributed by atoms with Crippen LogP contribution in [0.3, 0.4) is 0 Å². The van der Waals surface area contributed by atoms with Crippen LogP contribution in [-0.4, -0.2) is 28.6 Å². The first-order valence-corrected chi connectivity index (χ1v) is 8.54. The zero-order valence-electron chi connectivity index (χ0n) is 12.1. The van der Waals surface area contributed by atoms with Crippen LogP contribution >= 0.6 is 0 Å². The maximum Gasteiger partial charge on any atom is 0.240 e. The number of anilines is 2. The molecule has 0 amide bonds. The molecule has 0 unspecified atom stereocenters. The Balaban J connectivity index is 2.19. The summed E-state index contributed by atoms with van der Waals surface area (Å²) in [5, 5.41) is 0. The number of hydrogen-bond acceptors (Lipinski definition) is 4. The third-order valence-electron chi connectivity index (χ3n) is 4.11. The fourth-order valence-corrected chi connectivity index (χ4v) is 3.45. The van der Waals surface area contributed by atoms with Gasteiger partial charge < -0.3 is 10.6 Å². The van der Waals surface area contributed by atoms with Crippen molar-refractivity contribution in [2.45, 2.75) is 31.1 Å². The van der Waals surface area contributed by atoms with Gasteiger partial charge in [-0.05, 0) is 44.0 Å². The summed E-state index contributed by atoms with van der Waals surface area (Å²) >= 11 is 0. The minimum absolute atomic E-state index is 0.213. The van der Waals surface area contributed by atoms with Crippen molar-refractivity contribution in [1.82, 2.24) is 4.72 Å². The fraction of sp³-hybridized carbons (Fsp3) is 0.571. The molecule has 112 valence electrons. The minimum atomic E-state index is -3.43. The number of sulfonamides is 1. The van der Waals surface area contributed by atoms with Gasteiger partial charge in [0, 0.05) is 13.1 Å². The predicted octanol–water partition coefficient (Wildman–Crippen LogP) is 1.80. The zero-order chi connectivity index (χ0) is 14.8. The van der Waals surface area contributed by atoms with Gasteiger partial charge in [-0.3, -0.25) is 0 Å². The molecule has 0 saturated carbocycles. The highest BCUT2D eigenvalue weighted by atomic mass is 32.2. The second-order valence-corrected chi connectivity index (χ2v) is 7.15. The molecule has 0 radical (unpaired) electrons. The number of nitrogens with one attached hydrogen (secondary N) is 1. The fourth-order valence-electron chi connectivity index (χ4n) is 2.69. The van der Waals surface area contributed by atoms with Crippen LogP contribution in [-0.2, 0) is 10.0 Å². The van der Waals surface area contributed by atoms with Gasteiger partial charge in [0.25, 0.3) is 0 Å². The highest BCUT2D eigenvalue weighted by molar-refractivity contribution is 7.89. The summed E-state index contributed by atoms with van der Waals surface area (Å²) in [5.74, 6) is 0.802. The van der Waals surface area contributed by atoms with Crippen LogP contribution in [0.4, 0.5) is 11.4 Å². The molecule has 0 atom stereocenters. The van der Waals surface area contributed by atoms with E-state index in [1.165, 1.54) is 32.4 Å². The van der Waals surface area contributed by atoms with Crippen LogP contribution in [0.15, 0.2) is 23.1 Å². The van der Waals surface area contributed by atoms with Crippen molar-refractivity contribution >= 4 is 21.4 Å². The van der Waals surface area contributed by atoms with Crippen LogP contribution in [0.2, 0.25) is 0 Å². The summed E-state index contributed by atoms with van der Waals surface area (Å²) in [4.78, 5) is 2.46. The second kappa shape index (κ2) is 6.01. The standard InChI is InChI=1S/C14H23N3O2S/c1-3-11-6-8-17(9-7-11)14-5-4-12(10-13(14)15)20(18,19)16-2/h4-5,10-11,16H,3,6-9,15H2,1-2H3. The second-order valence-electron chi connectivity index (χ2n) is 5.27. The lowest BCUT2D eigenvalue weighted by Gasteiger charge is -2.34. The molecule has 1 fully saturated rings. The maximum atomic E-state index is 11.7. The van der Waals surface area contributed by atoms with Gasteiger partial charge in [-0.15, -0.1) is 0 Å². The zero-order valence-corrected chi connectivity index (χ0v) is 12.9. The Bertz CT molecular complexity index is 564. The smallest absolute Gasteiger partial charge is 0.240 e. The molecule has 1 saturated heterocycles. The highest BCUT2D eigenvalue weighted by Crippen LogP contribution is 2.30. The van der Waals surface area contributed by atoms with E-state index in [1.807, 2.05) is 6.07 Å². The molecule has 1 aromatic carbocycles. The summed E-state index contributed by atoms with van der Waals surface area (Å²) in [6, 6.07) is 4.96. The Morgan fingerprint density at radius 2 is 2.00 bits per heavy atom. The van der Waals surface area contributed by atoms with E-state index in [9.17, 15) is 8.42 Å². The summed E-state index contributed by atoms with van der Waals surface area (Å²) in [6.07, 6.45) is 3.57. The topological polar surface area (TPSA) is 75.4 Å². The van der Waals surface area contributed by atoms with Gasteiger partial charge in [-0.25, -0.2) is 13.1 Å². The lowest BCUT2D eigenvalue weighted by atomic mass is 9.94. The Hall–Kier alpha value is -1.27. The third-order valence-corrected chi connectivity index (χ3v) is 5.52. The van der Waals surface area contributed by atoms with E-state index in [0.717, 1.165) is 24.7 Å². The first kappa shape index (κ1) is 15.1. The SMILES string of the molecule is CCC1CCN(c2ccc(S(=O)(=O)NC)cc2N)CC1. The normalized spacial score (nSPS) is 17.4. The van der Waals surface area contributed by atoms with Crippen molar-refractivity contribution in [1.29, 1.82) is 0 Å². The largest absolute Gasteiger partial charge is 0.397 e. The van der Waals surface area contributed by atoms with Crippen molar-refractivity contribution in [3.05, 3.63) is 18.2 Å². The van der Waals surface area contributed by atoms with Crippen LogP contribution < -0.4 is 15.4 Å². The Labute approximate surface area is 121 Å². The lowest BCUT2D eigenvalue weighted by Crippen LogP contribution is -2.34. The predicted molar refractivity (Wildman–Crippen MR) is 82.3 cm³/mol. The lowest BCUT2D eigenvalue weighted by molar-refractivity contribution is 0.395. The molecule has 6 heteroatoms. The molecule has 0 aliphatic carbocycles. The Kier molecular flexibility index (Phi) is 4.55. The van der Waals surface area contributed by atoms with Crippen molar-refractivity contribution in [3.63, 3.8) is 0 Å². The van der Waals surface area contributed by atoms with Crippen molar-refractivity contribution in [2.24, 2.45) is 5.92 Å². The molecule has 20 heavy (non-hydrogen) atoms. The van der Waals surface area contributed by atoms with E-state index in [1.54, 1.807) is 6.07 Å². The molecule has 1 aromatic rings. The van der Waals surface area contributed by atoms with Gasteiger partial charge >= 0.3 is 0 Å². The molecule has 0 aromatic heterocycles. The van der Waals surface area contributed by atoms with Crippen molar-refractivity contribution < 1.29 is 8.42 Å². The highest BCUT2D eigenvalue weighted by Gasteiger charge is 2.20. The number of nitrogens with two attached hydrogens (primary N) is 1. The van der Waals surface area contributed by atoms with Crippen LogP contribution in [0.1, 0.15) is 26.2 Å². The van der Waals surface area contributed by atoms with Gasteiger partial charge in [0.15, 0.2) is 0 Å². The third kappa shape index (κ3) is 3.07. The van der Waals surface area contributed by atoms with Crippen LogP contribution in [0.5, 0.6) is 0 Å². The monoisotopic (exact) mass is 297 g/mol. The van der Waals surface area contributed by atoms with E-state index in [0.29, 0.717) is 5.69 Å². The first-order chi connectivity index (χ1) is 9.47. The molecule has 0 bridgehead atoms. The molecule has 1 heterocycles. The van der Waals surface area contributed by atoms with E-state index < -0.39 is 10.0 Å². The van der Waals surface area contributed by atoms with E-state index in [-0.39, 0.29) is 4.90 Å². The van der Waals surface area contributed by atoms with Gasteiger partial charge in [0.05, 0.1) is 16.3 Å². The molecule has 5 nitrogen and oxygen atoms in total. The Morgan fingerprint density at radius 3 is 2.50 bits per heavy atom. The number of piperidine rings is 1. The van der Waals surface area contributed by atoms with Gasteiger partial charge in [0.2, 0.25) is 10.0 Å². The maximum absolute atomic E-state index is 11.7. The first-order valence-electron chi connectivity index (χ1n) is 7.06. The average molecular weight is 297 g/mol. The number of hydrogen-bond donors (Lipinski definition) is 2. The summed E-state index contributed by atoms with van der Waals surface area (Å²) in [5.41, 5.74) is 7.50. The number of rotatable bonds is 4. The number of nitrogens with zero attached hydrogens (tertiary/aromatic N) is 1. The Morgan fingerprint density at radius 1 is 1.35 bits per heavy atom. The van der Waals surface area contributed by atoms with Gasteiger partial charge in [-0.2, -0.15) is 0 Å². The molecule has 2 rings (SSSR count). The molecule has 1 aliphatic heterocycles. The quantitative estimate of drug-likeness (QED) is 0.831. The van der Waals surface area contributed by atoms with Crippen LogP contribution in [0.25, 0.3) is 0 Å².